The first-order valence-corrected chi connectivity index (χ1v) is 4.08. The molecule has 4 heteroatoms. The molecule has 0 aliphatic carbocycles. The van der Waals surface area contributed by atoms with Crippen LogP contribution in [-0.2, 0) is 6.54 Å². The van der Waals surface area contributed by atoms with Gasteiger partial charge < -0.3 is 5.73 Å². The smallest absolute Gasteiger partial charge is 0.106 e. The number of hydrogen-bond donors (Lipinski definition) is 1. The van der Waals surface area contributed by atoms with Crippen molar-refractivity contribution in [3.63, 3.8) is 0 Å². The average Bonchev–Trinajstić information content (AvgIpc) is 2.50. The van der Waals surface area contributed by atoms with E-state index in [2.05, 4.69) is 9.59 Å². The fourth-order valence-corrected chi connectivity index (χ4v) is 1.49. The maximum absolute atomic E-state index is 5.46. The largest absolute Gasteiger partial charge is 0.326 e. The molecule has 2 N–H and O–H groups in total. The second-order valence-electron chi connectivity index (χ2n) is 2.28. The first-order chi connectivity index (χ1) is 5.40. The summed E-state index contributed by atoms with van der Waals surface area (Å²) in [5.74, 6) is 0. The molecular weight excluding hydrogens is 158 g/mol. The first-order valence-electron chi connectivity index (χ1n) is 3.31. The topological polar surface area (TPSA) is 51.8 Å². The predicted molar refractivity (Wildman–Crippen MR) is 45.3 cm³/mol. The normalized spacial score (nSPS) is 10.6. The molecule has 2 aromatic rings. The van der Waals surface area contributed by atoms with Gasteiger partial charge in [0.05, 0.1) is 4.70 Å². The monoisotopic (exact) mass is 165 g/mol. The second-order valence-corrected chi connectivity index (χ2v) is 3.06. The Morgan fingerprint density at radius 2 is 2.36 bits per heavy atom. The van der Waals surface area contributed by atoms with Crippen molar-refractivity contribution in [3.05, 3.63) is 23.8 Å². The Labute approximate surface area is 68.0 Å². The lowest BCUT2D eigenvalue weighted by Gasteiger charge is -1.92. The van der Waals surface area contributed by atoms with Crippen LogP contribution in [0.3, 0.4) is 0 Å². The van der Waals surface area contributed by atoms with Crippen molar-refractivity contribution >= 4 is 21.7 Å². The van der Waals surface area contributed by atoms with E-state index in [0.717, 1.165) is 15.8 Å². The molecule has 1 heterocycles. The number of rotatable bonds is 1. The zero-order valence-corrected chi connectivity index (χ0v) is 6.64. The SMILES string of the molecule is NCc1ccc2snnc2c1. The van der Waals surface area contributed by atoms with E-state index in [1.807, 2.05) is 18.2 Å². The third kappa shape index (κ3) is 1.10. The van der Waals surface area contributed by atoms with Gasteiger partial charge >= 0.3 is 0 Å². The van der Waals surface area contributed by atoms with E-state index in [1.54, 1.807) is 0 Å². The summed E-state index contributed by atoms with van der Waals surface area (Å²) in [5.41, 5.74) is 7.51. The van der Waals surface area contributed by atoms with E-state index in [-0.39, 0.29) is 0 Å². The van der Waals surface area contributed by atoms with Gasteiger partial charge in [-0.15, -0.1) is 5.10 Å². The lowest BCUT2D eigenvalue weighted by atomic mass is 10.2. The summed E-state index contributed by atoms with van der Waals surface area (Å²) in [6.45, 7) is 0.563. The van der Waals surface area contributed by atoms with Gasteiger partial charge in [-0.25, -0.2) is 0 Å². The van der Waals surface area contributed by atoms with Gasteiger partial charge in [0.1, 0.15) is 5.52 Å². The summed E-state index contributed by atoms with van der Waals surface area (Å²) in [5, 5.41) is 3.94. The summed E-state index contributed by atoms with van der Waals surface area (Å²) in [6.07, 6.45) is 0. The molecule has 1 aromatic carbocycles. The Kier molecular flexibility index (Phi) is 1.56. The quantitative estimate of drug-likeness (QED) is 0.689. The zero-order chi connectivity index (χ0) is 7.68. The number of aromatic nitrogens is 2. The van der Waals surface area contributed by atoms with Crippen molar-refractivity contribution in [1.29, 1.82) is 0 Å². The van der Waals surface area contributed by atoms with E-state index in [4.69, 9.17) is 5.73 Å². The van der Waals surface area contributed by atoms with Crippen LogP contribution in [0.4, 0.5) is 0 Å². The molecule has 0 unspecified atom stereocenters. The number of benzene rings is 1. The minimum Gasteiger partial charge on any atom is -0.326 e. The van der Waals surface area contributed by atoms with E-state index < -0.39 is 0 Å². The molecule has 0 saturated heterocycles. The molecule has 0 amide bonds. The minimum absolute atomic E-state index is 0.563. The van der Waals surface area contributed by atoms with Gasteiger partial charge in [0.25, 0.3) is 0 Å². The van der Waals surface area contributed by atoms with Crippen LogP contribution in [0.15, 0.2) is 18.2 Å². The van der Waals surface area contributed by atoms with Crippen molar-refractivity contribution in [3.8, 4) is 0 Å². The fraction of sp³-hybridized carbons (Fsp3) is 0.143. The molecule has 0 radical (unpaired) electrons. The fourth-order valence-electron chi connectivity index (χ4n) is 0.954. The molecule has 0 bridgehead atoms. The molecule has 0 spiro atoms. The Bertz CT molecular complexity index is 368. The number of hydrogen-bond acceptors (Lipinski definition) is 4. The van der Waals surface area contributed by atoms with Crippen molar-refractivity contribution in [2.75, 3.05) is 0 Å². The standard InChI is InChI=1S/C7H7N3S/c8-4-5-1-2-7-6(3-5)9-10-11-7/h1-3H,4,8H2. The molecule has 0 fully saturated rings. The lowest BCUT2D eigenvalue weighted by molar-refractivity contribution is 1.07. The molecule has 2 rings (SSSR count). The highest BCUT2D eigenvalue weighted by atomic mass is 32.1. The molecular formula is C7H7N3S. The van der Waals surface area contributed by atoms with E-state index >= 15 is 0 Å². The van der Waals surface area contributed by atoms with Gasteiger partial charge in [0, 0.05) is 6.54 Å². The summed E-state index contributed by atoms with van der Waals surface area (Å²) in [7, 11) is 0. The van der Waals surface area contributed by atoms with Gasteiger partial charge in [-0.3, -0.25) is 0 Å². The molecule has 1 aromatic heterocycles. The van der Waals surface area contributed by atoms with E-state index in [0.29, 0.717) is 6.54 Å². The third-order valence-corrected chi connectivity index (χ3v) is 2.25. The van der Waals surface area contributed by atoms with Gasteiger partial charge in [0.15, 0.2) is 0 Å². The Morgan fingerprint density at radius 1 is 1.45 bits per heavy atom. The van der Waals surface area contributed by atoms with Gasteiger partial charge in [-0.05, 0) is 29.2 Å². The minimum atomic E-state index is 0.563. The summed E-state index contributed by atoms with van der Waals surface area (Å²) in [6, 6.07) is 5.98. The van der Waals surface area contributed by atoms with Crippen molar-refractivity contribution in [1.82, 2.24) is 9.59 Å². The lowest BCUT2D eigenvalue weighted by Crippen LogP contribution is -1.94. The predicted octanol–water partition coefficient (Wildman–Crippen LogP) is 1.15. The summed E-state index contributed by atoms with van der Waals surface area (Å²) >= 11 is 1.40. The van der Waals surface area contributed by atoms with Crippen molar-refractivity contribution < 1.29 is 0 Å². The van der Waals surface area contributed by atoms with Gasteiger partial charge in [0.2, 0.25) is 0 Å². The third-order valence-electron chi connectivity index (χ3n) is 1.55. The Hall–Kier alpha value is -1.00. The Morgan fingerprint density at radius 3 is 3.18 bits per heavy atom. The van der Waals surface area contributed by atoms with Gasteiger partial charge in [-0.1, -0.05) is 10.6 Å². The van der Waals surface area contributed by atoms with Crippen LogP contribution in [-0.4, -0.2) is 9.59 Å². The average molecular weight is 165 g/mol. The molecule has 56 valence electrons. The first kappa shape index (κ1) is 6.69. The zero-order valence-electron chi connectivity index (χ0n) is 5.82. The van der Waals surface area contributed by atoms with Crippen LogP contribution in [0.5, 0.6) is 0 Å². The maximum atomic E-state index is 5.46. The molecule has 11 heavy (non-hydrogen) atoms. The Balaban J connectivity index is 2.67. The van der Waals surface area contributed by atoms with Crippen LogP contribution >= 0.6 is 11.5 Å². The molecule has 0 aliphatic rings. The van der Waals surface area contributed by atoms with Crippen LogP contribution in [0.1, 0.15) is 5.56 Å². The van der Waals surface area contributed by atoms with Crippen LogP contribution < -0.4 is 5.73 Å². The highest BCUT2D eigenvalue weighted by Crippen LogP contribution is 2.15. The summed E-state index contributed by atoms with van der Waals surface area (Å²) < 4.78 is 4.94. The highest BCUT2D eigenvalue weighted by molar-refractivity contribution is 7.12. The number of nitrogens with two attached hydrogens (primary N) is 1. The van der Waals surface area contributed by atoms with E-state index in [9.17, 15) is 0 Å². The molecule has 3 nitrogen and oxygen atoms in total. The van der Waals surface area contributed by atoms with Crippen molar-refractivity contribution in [2.24, 2.45) is 5.73 Å². The summed E-state index contributed by atoms with van der Waals surface area (Å²) in [4.78, 5) is 0. The van der Waals surface area contributed by atoms with Crippen LogP contribution in [0.25, 0.3) is 10.2 Å². The second kappa shape index (κ2) is 2.56. The number of fused-ring (bicyclic) bond motifs is 1. The molecule has 0 atom stereocenters. The van der Waals surface area contributed by atoms with Gasteiger partial charge in [-0.2, -0.15) is 0 Å². The van der Waals surface area contributed by atoms with Crippen LogP contribution in [0.2, 0.25) is 0 Å². The maximum Gasteiger partial charge on any atom is 0.106 e. The highest BCUT2D eigenvalue weighted by Gasteiger charge is 1.97. The molecule has 0 aliphatic heterocycles. The number of nitrogens with zero attached hydrogens (tertiary/aromatic N) is 2. The van der Waals surface area contributed by atoms with Crippen molar-refractivity contribution in [2.45, 2.75) is 6.54 Å². The van der Waals surface area contributed by atoms with E-state index in [1.165, 1.54) is 11.5 Å². The van der Waals surface area contributed by atoms with Crippen LogP contribution in [0, 0.1) is 0 Å². The molecule has 0 saturated carbocycles.